The highest BCUT2D eigenvalue weighted by atomic mass is 16.6. The van der Waals surface area contributed by atoms with Crippen molar-refractivity contribution < 1.29 is 29.1 Å². The normalized spacial score (nSPS) is 15.6. The molecule has 8 nitrogen and oxygen atoms in total. The van der Waals surface area contributed by atoms with E-state index in [-0.39, 0.29) is 5.56 Å². The van der Waals surface area contributed by atoms with E-state index >= 15 is 0 Å². The molecule has 9 heteroatoms. The van der Waals surface area contributed by atoms with E-state index < -0.39 is 30.8 Å². The van der Waals surface area contributed by atoms with E-state index in [9.17, 15) is 19.7 Å². The van der Waals surface area contributed by atoms with Gasteiger partial charge >= 0.3 is 7.12 Å². The van der Waals surface area contributed by atoms with Crippen LogP contribution in [0.4, 0.5) is 0 Å². The molecule has 0 radical (unpaired) electrons. The monoisotopic (exact) mass is 412 g/mol. The van der Waals surface area contributed by atoms with Crippen LogP contribution in [0.3, 0.4) is 0 Å². The lowest BCUT2D eigenvalue weighted by atomic mass is 9.79. The molecule has 2 aromatic rings. The molecule has 1 aliphatic heterocycles. The van der Waals surface area contributed by atoms with Crippen LogP contribution in [0, 0.1) is 6.92 Å². The Morgan fingerprint density at radius 2 is 1.93 bits per heavy atom. The van der Waals surface area contributed by atoms with Crippen LogP contribution in [0.2, 0.25) is 0 Å². The van der Waals surface area contributed by atoms with Gasteiger partial charge in [-0.1, -0.05) is 12.1 Å². The van der Waals surface area contributed by atoms with Crippen molar-refractivity contribution in [3.8, 4) is 5.75 Å². The maximum absolute atomic E-state index is 13.3. The molecule has 1 aliphatic rings. The predicted octanol–water partition coefficient (Wildman–Crippen LogP) is 1.30. The number of carbonyl (C=O) groups is 2. The van der Waals surface area contributed by atoms with Crippen LogP contribution < -0.4 is 15.6 Å². The lowest BCUT2D eigenvalue weighted by molar-refractivity contribution is -0.0219. The Labute approximate surface area is 175 Å². The lowest BCUT2D eigenvalue weighted by Gasteiger charge is -2.35. The van der Waals surface area contributed by atoms with Gasteiger partial charge in [-0.2, -0.15) is 0 Å². The van der Waals surface area contributed by atoms with Crippen molar-refractivity contribution >= 4 is 24.4 Å². The maximum atomic E-state index is 13.3. The second kappa shape index (κ2) is 8.10. The van der Waals surface area contributed by atoms with Gasteiger partial charge in [-0.25, -0.2) is 5.01 Å². The second-order valence-corrected chi connectivity index (χ2v) is 8.07. The molecule has 0 bridgehead atoms. The number of hydrogen-bond donors (Lipinski definition) is 3. The molecule has 1 unspecified atom stereocenters. The number of aliphatic hydroxyl groups is 1. The van der Waals surface area contributed by atoms with Gasteiger partial charge in [0.15, 0.2) is 6.29 Å². The summed E-state index contributed by atoms with van der Waals surface area (Å²) >= 11 is 0. The third-order valence-corrected chi connectivity index (χ3v) is 4.96. The van der Waals surface area contributed by atoms with Gasteiger partial charge < -0.3 is 19.5 Å². The SMILES string of the molecule is COc1cccc(C(=O)NN(C(=O)c2ccc3c(c2)C(O)OB3O)C(C)(C)C)c1C. The smallest absolute Gasteiger partial charge is 0.493 e. The fourth-order valence-electron chi connectivity index (χ4n) is 3.31. The summed E-state index contributed by atoms with van der Waals surface area (Å²) in [5, 5.41) is 21.0. The number of ether oxygens (including phenoxy) is 1. The largest absolute Gasteiger partial charge is 0.496 e. The number of methoxy groups -OCH3 is 1. The van der Waals surface area contributed by atoms with Crippen molar-refractivity contribution in [1.29, 1.82) is 0 Å². The summed E-state index contributed by atoms with van der Waals surface area (Å²) in [5.41, 5.74) is 3.96. The molecule has 30 heavy (non-hydrogen) atoms. The van der Waals surface area contributed by atoms with Crippen molar-refractivity contribution in [3.05, 3.63) is 58.7 Å². The van der Waals surface area contributed by atoms with Gasteiger partial charge in [0.1, 0.15) is 5.75 Å². The summed E-state index contributed by atoms with van der Waals surface area (Å²) in [6, 6.07) is 9.62. The van der Waals surface area contributed by atoms with Gasteiger partial charge in [-0.15, -0.1) is 0 Å². The van der Waals surface area contributed by atoms with Gasteiger partial charge in [0.2, 0.25) is 0 Å². The zero-order valence-corrected chi connectivity index (χ0v) is 17.6. The fraction of sp³-hybridized carbons (Fsp3) is 0.333. The summed E-state index contributed by atoms with van der Waals surface area (Å²) in [7, 11) is 0.284. The van der Waals surface area contributed by atoms with E-state index in [1.54, 1.807) is 45.9 Å². The molecular weight excluding hydrogens is 387 g/mol. The molecule has 1 heterocycles. The first kappa shape index (κ1) is 21.8. The van der Waals surface area contributed by atoms with Crippen molar-refractivity contribution in [2.75, 3.05) is 7.11 Å². The number of benzene rings is 2. The quantitative estimate of drug-likeness (QED) is 0.518. The third-order valence-electron chi connectivity index (χ3n) is 4.96. The number of nitrogens with zero attached hydrogens (tertiary/aromatic N) is 1. The van der Waals surface area contributed by atoms with E-state index in [0.717, 1.165) is 0 Å². The number of aliphatic hydroxyl groups excluding tert-OH is 1. The molecule has 1 atom stereocenters. The van der Waals surface area contributed by atoms with E-state index in [2.05, 4.69) is 5.43 Å². The number of amides is 2. The minimum atomic E-state index is -1.32. The van der Waals surface area contributed by atoms with Crippen LogP contribution in [-0.2, 0) is 4.65 Å². The summed E-state index contributed by atoms with van der Waals surface area (Å²) < 4.78 is 10.2. The van der Waals surface area contributed by atoms with Crippen LogP contribution in [0.5, 0.6) is 5.75 Å². The highest BCUT2D eigenvalue weighted by Crippen LogP contribution is 2.24. The highest BCUT2D eigenvalue weighted by Gasteiger charge is 2.36. The molecule has 0 aliphatic carbocycles. The topological polar surface area (TPSA) is 108 Å². The molecule has 0 fully saturated rings. The number of nitrogens with one attached hydrogen (secondary N) is 1. The molecule has 2 amide bonds. The Morgan fingerprint density at radius 1 is 1.23 bits per heavy atom. The second-order valence-electron chi connectivity index (χ2n) is 8.07. The molecule has 0 spiro atoms. The van der Waals surface area contributed by atoms with Crippen molar-refractivity contribution in [1.82, 2.24) is 10.4 Å². The van der Waals surface area contributed by atoms with Crippen LogP contribution in [0.1, 0.15) is 58.9 Å². The van der Waals surface area contributed by atoms with E-state index in [1.165, 1.54) is 30.3 Å². The molecule has 158 valence electrons. The van der Waals surface area contributed by atoms with E-state index in [0.29, 0.717) is 27.9 Å². The Hall–Kier alpha value is -2.88. The molecular formula is C21H25BN2O6. The molecule has 0 aromatic heterocycles. The first-order chi connectivity index (χ1) is 14.0. The van der Waals surface area contributed by atoms with Gasteiger partial charge in [0, 0.05) is 22.3 Å². The standard InChI is InChI=1S/C21H25BN2O6/c1-12-14(7-6-8-17(12)29-5)18(25)23-24(21(2,3)4)19(26)13-9-10-16-15(11-13)20(27)30-22(16)28/h6-11,20,27-28H,1-5H3,(H,23,25). The molecule has 3 rings (SSSR count). The number of rotatable bonds is 3. The summed E-state index contributed by atoms with van der Waals surface area (Å²) in [5.74, 6) is -0.343. The van der Waals surface area contributed by atoms with Crippen LogP contribution in [0.15, 0.2) is 36.4 Å². The predicted molar refractivity (Wildman–Crippen MR) is 111 cm³/mol. The zero-order chi connectivity index (χ0) is 22.2. The van der Waals surface area contributed by atoms with Gasteiger partial charge in [0.05, 0.1) is 12.6 Å². The Kier molecular flexibility index (Phi) is 5.89. The van der Waals surface area contributed by atoms with Crippen LogP contribution in [-0.4, -0.2) is 46.7 Å². The van der Waals surface area contributed by atoms with Gasteiger partial charge in [-0.3, -0.25) is 15.0 Å². The highest BCUT2D eigenvalue weighted by molar-refractivity contribution is 6.61. The number of hydrazine groups is 1. The fourth-order valence-corrected chi connectivity index (χ4v) is 3.31. The summed E-state index contributed by atoms with van der Waals surface area (Å²) in [4.78, 5) is 26.2. The Bertz CT molecular complexity index is 988. The third kappa shape index (κ3) is 4.05. The maximum Gasteiger partial charge on any atom is 0.493 e. The first-order valence-electron chi connectivity index (χ1n) is 9.49. The van der Waals surface area contributed by atoms with Gasteiger partial charge in [0.25, 0.3) is 11.8 Å². The number of carbonyl (C=O) groups excluding carboxylic acids is 2. The Balaban J connectivity index is 1.92. The summed E-state index contributed by atoms with van der Waals surface area (Å²) in [6.45, 7) is 7.14. The van der Waals surface area contributed by atoms with Crippen molar-refractivity contribution in [2.45, 2.75) is 39.5 Å². The minimum absolute atomic E-state index is 0.239. The first-order valence-corrected chi connectivity index (χ1v) is 9.49. The van der Waals surface area contributed by atoms with Crippen LogP contribution in [0.25, 0.3) is 0 Å². The van der Waals surface area contributed by atoms with Crippen LogP contribution >= 0.6 is 0 Å². The van der Waals surface area contributed by atoms with Crippen molar-refractivity contribution in [3.63, 3.8) is 0 Å². The van der Waals surface area contributed by atoms with E-state index in [1.807, 2.05) is 0 Å². The minimum Gasteiger partial charge on any atom is -0.496 e. The van der Waals surface area contributed by atoms with Gasteiger partial charge in [-0.05, 0) is 57.4 Å². The zero-order valence-electron chi connectivity index (χ0n) is 17.6. The Morgan fingerprint density at radius 3 is 2.57 bits per heavy atom. The van der Waals surface area contributed by atoms with E-state index in [4.69, 9.17) is 9.39 Å². The molecule has 0 saturated carbocycles. The number of hydrogen-bond acceptors (Lipinski definition) is 6. The lowest BCUT2D eigenvalue weighted by Crippen LogP contribution is -2.56. The molecule has 2 aromatic carbocycles. The average molecular weight is 412 g/mol. The summed E-state index contributed by atoms with van der Waals surface area (Å²) in [6.07, 6.45) is -1.32. The average Bonchev–Trinajstić information content (AvgIpc) is 2.98. The molecule has 0 saturated heterocycles. The number of fused-ring (bicyclic) bond motifs is 1. The molecule has 3 N–H and O–H groups in total. The van der Waals surface area contributed by atoms with Crippen molar-refractivity contribution in [2.24, 2.45) is 0 Å².